The monoisotopic (exact) mass is 386 g/mol. The predicted molar refractivity (Wildman–Crippen MR) is 109 cm³/mol. The molecule has 1 aromatic heterocycles. The van der Waals surface area contributed by atoms with E-state index in [9.17, 15) is 4.79 Å². The molecule has 3 rings (SSSR count). The molecule has 134 valence electrons. The lowest BCUT2D eigenvalue weighted by molar-refractivity contribution is 0.0954. The second-order valence-electron chi connectivity index (χ2n) is 6.21. The van der Waals surface area contributed by atoms with Crippen molar-refractivity contribution in [3.8, 4) is 11.3 Å². The van der Waals surface area contributed by atoms with Crippen molar-refractivity contribution in [1.82, 2.24) is 10.3 Å². The quantitative estimate of drug-likeness (QED) is 0.542. The Bertz CT molecular complexity index is 970. The molecule has 0 aliphatic carbocycles. The molecule has 5 heteroatoms. The molecule has 3 aromatic rings. The summed E-state index contributed by atoms with van der Waals surface area (Å²) in [5, 5.41) is 4.93. The Hall–Kier alpha value is -2.10. The zero-order chi connectivity index (χ0) is 18.7. The molecule has 1 heterocycles. The van der Waals surface area contributed by atoms with Crippen LogP contribution in [0.1, 0.15) is 35.7 Å². The topological polar surface area (TPSA) is 42.0 Å². The van der Waals surface area contributed by atoms with Crippen molar-refractivity contribution >= 4 is 40.0 Å². The second-order valence-corrected chi connectivity index (χ2v) is 7.05. The van der Waals surface area contributed by atoms with E-state index in [-0.39, 0.29) is 5.91 Å². The lowest BCUT2D eigenvalue weighted by atomic mass is 9.97. The summed E-state index contributed by atoms with van der Waals surface area (Å²) in [5.74, 6) is -0.0825. The molecule has 0 aliphatic heterocycles. The summed E-state index contributed by atoms with van der Waals surface area (Å²) in [4.78, 5) is 17.7. The zero-order valence-electron chi connectivity index (χ0n) is 14.8. The molecule has 2 aromatic carbocycles. The molecule has 26 heavy (non-hydrogen) atoms. The van der Waals surface area contributed by atoms with Gasteiger partial charge in [-0.3, -0.25) is 4.79 Å². The van der Waals surface area contributed by atoms with Crippen molar-refractivity contribution in [3.63, 3.8) is 0 Å². The van der Waals surface area contributed by atoms with E-state index >= 15 is 0 Å². The average molecular weight is 387 g/mol. The molecular weight excluding hydrogens is 367 g/mol. The number of para-hydroxylation sites is 1. The van der Waals surface area contributed by atoms with Gasteiger partial charge in [0, 0.05) is 22.5 Å². The number of carbonyl (C=O) groups is 1. The van der Waals surface area contributed by atoms with Gasteiger partial charge in [0.25, 0.3) is 5.91 Å². The van der Waals surface area contributed by atoms with Crippen molar-refractivity contribution in [2.24, 2.45) is 0 Å². The van der Waals surface area contributed by atoms with Gasteiger partial charge >= 0.3 is 0 Å². The van der Waals surface area contributed by atoms with Gasteiger partial charge in [-0.05, 0) is 43.2 Å². The van der Waals surface area contributed by atoms with E-state index in [0.29, 0.717) is 27.8 Å². The smallest absolute Gasteiger partial charge is 0.252 e. The van der Waals surface area contributed by atoms with Crippen molar-refractivity contribution in [2.45, 2.75) is 26.7 Å². The first-order valence-electron chi connectivity index (χ1n) is 8.66. The minimum Gasteiger partial charge on any atom is -0.352 e. The van der Waals surface area contributed by atoms with Crippen LogP contribution in [-0.4, -0.2) is 17.4 Å². The number of hydrogen-bond donors (Lipinski definition) is 1. The number of nitrogens with one attached hydrogen (secondary N) is 1. The Balaban J connectivity index is 2.19. The van der Waals surface area contributed by atoms with E-state index in [1.165, 1.54) is 0 Å². The Morgan fingerprint density at radius 2 is 1.92 bits per heavy atom. The van der Waals surface area contributed by atoms with Crippen LogP contribution in [0.2, 0.25) is 10.0 Å². The van der Waals surface area contributed by atoms with Crippen LogP contribution in [0, 0.1) is 6.92 Å². The predicted octanol–water partition coefficient (Wildman–Crippen LogP) is 6.05. The summed E-state index contributed by atoms with van der Waals surface area (Å²) in [7, 11) is 0. The second kappa shape index (κ2) is 8.07. The Labute approximate surface area is 163 Å². The average Bonchev–Trinajstić information content (AvgIpc) is 2.62. The summed E-state index contributed by atoms with van der Waals surface area (Å²) >= 11 is 12.4. The number of halogens is 2. The first kappa shape index (κ1) is 18.7. The van der Waals surface area contributed by atoms with Gasteiger partial charge in [0.05, 0.1) is 21.8 Å². The molecule has 0 spiro atoms. The minimum absolute atomic E-state index is 0.0825. The van der Waals surface area contributed by atoms with Crippen molar-refractivity contribution in [1.29, 1.82) is 0 Å². The fourth-order valence-corrected chi connectivity index (χ4v) is 3.51. The van der Waals surface area contributed by atoms with E-state index in [0.717, 1.165) is 34.9 Å². The van der Waals surface area contributed by atoms with Crippen LogP contribution in [0.25, 0.3) is 22.2 Å². The number of amides is 1. The van der Waals surface area contributed by atoms with Crippen LogP contribution in [-0.2, 0) is 0 Å². The molecule has 0 unspecified atom stereocenters. The summed E-state index contributed by atoms with van der Waals surface area (Å²) in [6.45, 7) is 4.66. The molecule has 0 saturated carbocycles. The van der Waals surface area contributed by atoms with Gasteiger partial charge in [0.15, 0.2) is 0 Å². The number of benzene rings is 2. The molecule has 0 atom stereocenters. The largest absolute Gasteiger partial charge is 0.352 e. The van der Waals surface area contributed by atoms with Gasteiger partial charge in [0.1, 0.15) is 0 Å². The number of rotatable bonds is 5. The molecule has 1 amide bonds. The minimum atomic E-state index is -0.0825. The highest BCUT2D eigenvalue weighted by molar-refractivity contribution is 6.36. The van der Waals surface area contributed by atoms with Gasteiger partial charge in [-0.2, -0.15) is 0 Å². The number of hydrogen-bond acceptors (Lipinski definition) is 2. The first-order valence-corrected chi connectivity index (χ1v) is 9.41. The van der Waals surface area contributed by atoms with Crippen LogP contribution >= 0.6 is 23.2 Å². The number of carbonyl (C=O) groups excluding carboxylic acids is 1. The number of nitrogens with zero attached hydrogens (tertiary/aromatic N) is 1. The van der Waals surface area contributed by atoms with Gasteiger partial charge in [-0.15, -0.1) is 0 Å². The van der Waals surface area contributed by atoms with E-state index < -0.39 is 0 Å². The third kappa shape index (κ3) is 3.69. The third-order valence-electron chi connectivity index (χ3n) is 4.37. The standard InChI is InChI=1S/C21H20Cl2N2O/c1-3-4-11-24-21(26)19-13(2)20(15-10-9-14(22)12-17(15)23)25-18-8-6-5-7-16(18)19/h5-10,12H,3-4,11H2,1-2H3,(H,24,26). The molecule has 1 N–H and O–H groups in total. The zero-order valence-corrected chi connectivity index (χ0v) is 16.3. The van der Waals surface area contributed by atoms with Gasteiger partial charge in [0.2, 0.25) is 0 Å². The lowest BCUT2D eigenvalue weighted by Crippen LogP contribution is -2.25. The number of pyridine rings is 1. The van der Waals surface area contributed by atoms with Crippen LogP contribution in [0.5, 0.6) is 0 Å². The molecule has 0 radical (unpaired) electrons. The fraction of sp³-hybridized carbons (Fsp3) is 0.238. The summed E-state index contributed by atoms with van der Waals surface area (Å²) in [6, 6.07) is 13.0. The van der Waals surface area contributed by atoms with Crippen LogP contribution in [0.15, 0.2) is 42.5 Å². The molecule has 0 saturated heterocycles. The van der Waals surface area contributed by atoms with Gasteiger partial charge in [-0.1, -0.05) is 54.7 Å². The number of unbranched alkanes of at least 4 members (excludes halogenated alkanes) is 1. The van der Waals surface area contributed by atoms with Gasteiger partial charge < -0.3 is 5.32 Å². The lowest BCUT2D eigenvalue weighted by Gasteiger charge is -2.15. The summed E-state index contributed by atoms with van der Waals surface area (Å²) in [5.41, 5.74) is 3.68. The summed E-state index contributed by atoms with van der Waals surface area (Å²) in [6.07, 6.45) is 1.98. The molecule has 0 aliphatic rings. The van der Waals surface area contributed by atoms with Crippen molar-refractivity contribution in [2.75, 3.05) is 6.54 Å². The van der Waals surface area contributed by atoms with Crippen molar-refractivity contribution < 1.29 is 4.79 Å². The van der Waals surface area contributed by atoms with E-state index in [2.05, 4.69) is 12.2 Å². The SMILES string of the molecule is CCCCNC(=O)c1c(C)c(-c2ccc(Cl)cc2Cl)nc2ccccc12. The Morgan fingerprint density at radius 3 is 2.65 bits per heavy atom. The molecule has 3 nitrogen and oxygen atoms in total. The summed E-state index contributed by atoms with van der Waals surface area (Å²) < 4.78 is 0. The maximum absolute atomic E-state index is 12.9. The third-order valence-corrected chi connectivity index (χ3v) is 4.91. The van der Waals surface area contributed by atoms with Crippen molar-refractivity contribution in [3.05, 3.63) is 63.6 Å². The normalized spacial score (nSPS) is 10.9. The van der Waals surface area contributed by atoms with Crippen LogP contribution in [0.4, 0.5) is 0 Å². The molecular formula is C21H20Cl2N2O. The highest BCUT2D eigenvalue weighted by Crippen LogP contribution is 2.34. The van der Waals surface area contributed by atoms with Crippen LogP contribution < -0.4 is 5.32 Å². The Morgan fingerprint density at radius 1 is 1.15 bits per heavy atom. The fourth-order valence-electron chi connectivity index (χ4n) is 3.01. The van der Waals surface area contributed by atoms with E-state index in [1.54, 1.807) is 12.1 Å². The van der Waals surface area contributed by atoms with E-state index in [1.807, 2.05) is 37.3 Å². The molecule has 0 bridgehead atoms. The maximum atomic E-state index is 12.9. The first-order chi connectivity index (χ1) is 12.5. The Kier molecular flexibility index (Phi) is 5.80. The highest BCUT2D eigenvalue weighted by Gasteiger charge is 2.19. The molecule has 0 fully saturated rings. The van der Waals surface area contributed by atoms with Gasteiger partial charge in [-0.25, -0.2) is 4.98 Å². The van der Waals surface area contributed by atoms with Crippen LogP contribution in [0.3, 0.4) is 0 Å². The number of aromatic nitrogens is 1. The highest BCUT2D eigenvalue weighted by atomic mass is 35.5. The van der Waals surface area contributed by atoms with E-state index in [4.69, 9.17) is 28.2 Å². The maximum Gasteiger partial charge on any atom is 0.252 e. The number of fused-ring (bicyclic) bond motifs is 1.